The molecule has 1 nitrogen and oxygen atoms in total. The van der Waals surface area contributed by atoms with Gasteiger partial charge < -0.3 is 5.32 Å². The van der Waals surface area contributed by atoms with Crippen molar-refractivity contribution in [1.82, 2.24) is 5.32 Å². The van der Waals surface area contributed by atoms with Crippen molar-refractivity contribution >= 4 is 11.3 Å². The number of hydrogen-bond acceptors (Lipinski definition) is 2. The third kappa shape index (κ3) is 3.53. The predicted molar refractivity (Wildman–Crippen MR) is 63.4 cm³/mol. The van der Waals surface area contributed by atoms with Gasteiger partial charge in [-0.3, -0.25) is 0 Å². The lowest BCUT2D eigenvalue weighted by atomic mass is 10.2. The Morgan fingerprint density at radius 1 is 1.64 bits per heavy atom. The number of nitrogens with one attached hydrogen (secondary N) is 1. The van der Waals surface area contributed by atoms with Gasteiger partial charge in [0.25, 0.3) is 0 Å². The number of unbranched alkanes of at least 4 members (excludes halogenated alkanes) is 1. The van der Waals surface area contributed by atoms with Crippen molar-refractivity contribution in [2.24, 2.45) is 0 Å². The fraction of sp³-hybridized carbons (Fsp3) is 0.500. The highest BCUT2D eigenvalue weighted by atomic mass is 32.1. The van der Waals surface area contributed by atoms with E-state index in [-0.39, 0.29) is 0 Å². The highest BCUT2D eigenvalue weighted by Crippen LogP contribution is 2.21. The Hall–Kier alpha value is -0.780. The van der Waals surface area contributed by atoms with Crippen LogP contribution in [0.1, 0.15) is 37.1 Å². The molecule has 0 bridgehead atoms. The van der Waals surface area contributed by atoms with E-state index >= 15 is 0 Å². The molecule has 1 rings (SSSR count). The van der Waals surface area contributed by atoms with Crippen molar-refractivity contribution in [2.75, 3.05) is 6.54 Å². The zero-order chi connectivity index (χ0) is 10.2. The van der Waals surface area contributed by atoms with Gasteiger partial charge in [0.1, 0.15) is 0 Å². The van der Waals surface area contributed by atoms with Gasteiger partial charge in [0.15, 0.2) is 0 Å². The first-order chi connectivity index (χ1) is 6.88. The lowest BCUT2D eigenvalue weighted by molar-refractivity contribution is 0.520. The van der Waals surface area contributed by atoms with Crippen molar-refractivity contribution in [3.05, 3.63) is 22.4 Å². The normalized spacial score (nSPS) is 12.3. The molecule has 0 saturated heterocycles. The summed E-state index contributed by atoms with van der Waals surface area (Å²) in [6.07, 6.45) is 8.27. The molecule has 14 heavy (non-hydrogen) atoms. The molecule has 0 spiro atoms. The molecule has 0 amide bonds. The number of terminal acetylenes is 1. The van der Waals surface area contributed by atoms with Crippen molar-refractivity contribution in [3.63, 3.8) is 0 Å². The van der Waals surface area contributed by atoms with E-state index in [0.29, 0.717) is 6.04 Å². The smallest absolute Gasteiger partial charge is 0.0412 e. The predicted octanol–water partition coefficient (Wildman–Crippen LogP) is 3.20. The van der Waals surface area contributed by atoms with Crippen LogP contribution in [0.2, 0.25) is 0 Å². The SMILES string of the molecule is C#CCCCNC(CC)c1cccs1. The summed E-state index contributed by atoms with van der Waals surface area (Å²) in [5.41, 5.74) is 0. The molecule has 0 saturated carbocycles. The van der Waals surface area contributed by atoms with Gasteiger partial charge in [-0.25, -0.2) is 0 Å². The molecule has 1 aromatic heterocycles. The molecular weight excluding hydrogens is 190 g/mol. The third-order valence-corrected chi connectivity index (χ3v) is 3.17. The summed E-state index contributed by atoms with van der Waals surface area (Å²) in [5.74, 6) is 2.66. The van der Waals surface area contributed by atoms with Crippen LogP contribution < -0.4 is 5.32 Å². The monoisotopic (exact) mass is 207 g/mol. The molecule has 1 heterocycles. The minimum atomic E-state index is 0.507. The Kier molecular flexibility index (Phi) is 5.36. The van der Waals surface area contributed by atoms with Gasteiger partial charge in [0, 0.05) is 17.3 Å². The Morgan fingerprint density at radius 3 is 3.07 bits per heavy atom. The fourth-order valence-corrected chi connectivity index (χ4v) is 2.29. The second-order valence-electron chi connectivity index (χ2n) is 3.24. The number of thiophene rings is 1. The topological polar surface area (TPSA) is 12.0 Å². The van der Waals surface area contributed by atoms with Crippen LogP contribution in [0, 0.1) is 12.3 Å². The maximum absolute atomic E-state index is 5.20. The minimum Gasteiger partial charge on any atom is -0.309 e. The van der Waals surface area contributed by atoms with Crippen LogP contribution in [0.25, 0.3) is 0 Å². The van der Waals surface area contributed by atoms with E-state index in [4.69, 9.17) is 6.42 Å². The van der Waals surface area contributed by atoms with Gasteiger partial charge in [-0.2, -0.15) is 0 Å². The Bertz CT molecular complexity index is 271. The van der Waals surface area contributed by atoms with Gasteiger partial charge in [-0.15, -0.1) is 23.7 Å². The summed E-state index contributed by atoms with van der Waals surface area (Å²) in [7, 11) is 0. The van der Waals surface area contributed by atoms with E-state index in [1.54, 1.807) is 0 Å². The molecule has 0 fully saturated rings. The van der Waals surface area contributed by atoms with Gasteiger partial charge in [0.2, 0.25) is 0 Å². The molecule has 1 aromatic rings. The van der Waals surface area contributed by atoms with Gasteiger partial charge in [0.05, 0.1) is 0 Å². The molecule has 1 unspecified atom stereocenters. The van der Waals surface area contributed by atoms with E-state index in [1.807, 2.05) is 11.3 Å². The Morgan fingerprint density at radius 2 is 2.50 bits per heavy atom. The first kappa shape index (κ1) is 11.3. The van der Waals surface area contributed by atoms with Crippen molar-refractivity contribution < 1.29 is 0 Å². The average molecular weight is 207 g/mol. The molecule has 0 aliphatic carbocycles. The molecule has 2 heteroatoms. The average Bonchev–Trinajstić information content (AvgIpc) is 2.71. The highest BCUT2D eigenvalue weighted by molar-refractivity contribution is 7.10. The maximum Gasteiger partial charge on any atom is 0.0412 e. The van der Waals surface area contributed by atoms with Crippen LogP contribution in [0.3, 0.4) is 0 Å². The lowest BCUT2D eigenvalue weighted by Crippen LogP contribution is -2.20. The summed E-state index contributed by atoms with van der Waals surface area (Å²) in [5, 5.41) is 5.65. The van der Waals surface area contributed by atoms with Crippen molar-refractivity contribution in [1.29, 1.82) is 0 Å². The van der Waals surface area contributed by atoms with Crippen molar-refractivity contribution in [3.8, 4) is 12.3 Å². The zero-order valence-corrected chi connectivity index (χ0v) is 9.44. The third-order valence-electron chi connectivity index (χ3n) is 2.18. The largest absolute Gasteiger partial charge is 0.309 e. The second-order valence-corrected chi connectivity index (χ2v) is 4.22. The first-order valence-electron chi connectivity index (χ1n) is 5.08. The van der Waals surface area contributed by atoms with E-state index in [9.17, 15) is 0 Å². The molecule has 0 radical (unpaired) electrons. The molecular formula is C12H17NS. The minimum absolute atomic E-state index is 0.507. The van der Waals surface area contributed by atoms with E-state index in [2.05, 4.69) is 35.7 Å². The molecule has 0 aliphatic rings. The standard InChI is InChI=1S/C12H17NS/c1-3-5-6-9-13-11(4-2)12-8-7-10-14-12/h1,7-8,10-11,13H,4-6,9H2,2H3. The van der Waals surface area contributed by atoms with Crippen LogP contribution in [0.4, 0.5) is 0 Å². The van der Waals surface area contributed by atoms with Crippen molar-refractivity contribution in [2.45, 2.75) is 32.2 Å². The van der Waals surface area contributed by atoms with Crippen LogP contribution in [0.15, 0.2) is 17.5 Å². The zero-order valence-electron chi connectivity index (χ0n) is 8.62. The van der Waals surface area contributed by atoms with Crippen LogP contribution in [-0.4, -0.2) is 6.54 Å². The molecule has 76 valence electrons. The summed E-state index contributed by atoms with van der Waals surface area (Å²) in [4.78, 5) is 1.42. The first-order valence-corrected chi connectivity index (χ1v) is 5.96. The maximum atomic E-state index is 5.20. The van der Waals surface area contributed by atoms with Crippen LogP contribution >= 0.6 is 11.3 Å². The molecule has 0 aliphatic heterocycles. The Labute approximate surface area is 90.5 Å². The van der Waals surface area contributed by atoms with E-state index in [0.717, 1.165) is 25.8 Å². The molecule has 1 N–H and O–H groups in total. The summed E-state index contributed by atoms with van der Waals surface area (Å²) in [6.45, 7) is 3.22. The summed E-state index contributed by atoms with van der Waals surface area (Å²) < 4.78 is 0. The van der Waals surface area contributed by atoms with Crippen LogP contribution in [0.5, 0.6) is 0 Å². The summed E-state index contributed by atoms with van der Waals surface area (Å²) >= 11 is 1.82. The number of hydrogen-bond donors (Lipinski definition) is 1. The summed E-state index contributed by atoms with van der Waals surface area (Å²) in [6, 6.07) is 4.80. The van der Waals surface area contributed by atoms with Gasteiger partial charge in [-0.1, -0.05) is 13.0 Å². The molecule has 1 atom stereocenters. The van der Waals surface area contributed by atoms with Gasteiger partial charge in [-0.05, 0) is 30.8 Å². The Balaban J connectivity index is 2.30. The van der Waals surface area contributed by atoms with Crippen LogP contribution in [-0.2, 0) is 0 Å². The quantitative estimate of drug-likeness (QED) is 0.558. The van der Waals surface area contributed by atoms with Gasteiger partial charge >= 0.3 is 0 Å². The number of rotatable bonds is 6. The van der Waals surface area contributed by atoms with E-state index in [1.165, 1.54) is 4.88 Å². The van der Waals surface area contributed by atoms with E-state index < -0.39 is 0 Å². The lowest BCUT2D eigenvalue weighted by Gasteiger charge is -2.14. The fourth-order valence-electron chi connectivity index (χ4n) is 1.40. The second kappa shape index (κ2) is 6.64. The molecule has 0 aromatic carbocycles. The highest BCUT2D eigenvalue weighted by Gasteiger charge is 2.07.